The number of rotatable bonds is 4. The van der Waals surface area contributed by atoms with Gasteiger partial charge in [0.2, 0.25) is 0 Å². The van der Waals surface area contributed by atoms with E-state index in [0.717, 1.165) is 17.4 Å². The lowest BCUT2D eigenvalue weighted by Gasteiger charge is -2.14. The average molecular weight is 250 g/mol. The van der Waals surface area contributed by atoms with Crippen LogP contribution in [0.3, 0.4) is 0 Å². The number of hydrogen-bond acceptors (Lipinski definition) is 2. The number of nitrogens with one attached hydrogen (secondary N) is 1. The predicted octanol–water partition coefficient (Wildman–Crippen LogP) is 2.92. The Morgan fingerprint density at radius 3 is 2.65 bits per heavy atom. The third-order valence-corrected chi connectivity index (χ3v) is 3.11. The molecule has 0 bridgehead atoms. The molecule has 0 saturated carbocycles. The van der Waals surface area contributed by atoms with Crippen molar-refractivity contribution < 1.29 is 0 Å². The van der Waals surface area contributed by atoms with Crippen LogP contribution in [0.1, 0.15) is 24.4 Å². The van der Waals surface area contributed by atoms with Gasteiger partial charge in [0, 0.05) is 30.5 Å². The van der Waals surface area contributed by atoms with Gasteiger partial charge in [-0.3, -0.25) is 0 Å². The van der Waals surface area contributed by atoms with Gasteiger partial charge >= 0.3 is 0 Å². The first-order valence-electron chi connectivity index (χ1n) is 5.62. The van der Waals surface area contributed by atoms with Crippen molar-refractivity contribution in [3.8, 4) is 0 Å². The first kappa shape index (κ1) is 12.1. The molecule has 1 N–H and O–H groups in total. The molecule has 0 aliphatic heterocycles. The summed E-state index contributed by atoms with van der Waals surface area (Å²) < 4.78 is 2.02. The Bertz CT molecular complexity index is 476. The molecule has 1 heterocycles. The number of imidazole rings is 1. The molecule has 2 aromatic rings. The van der Waals surface area contributed by atoms with Crippen LogP contribution in [0.5, 0.6) is 0 Å². The molecule has 0 radical (unpaired) electrons. The van der Waals surface area contributed by atoms with Gasteiger partial charge in [0.1, 0.15) is 5.82 Å². The lowest BCUT2D eigenvalue weighted by molar-refractivity contribution is 0.549. The topological polar surface area (TPSA) is 29.9 Å². The van der Waals surface area contributed by atoms with E-state index in [9.17, 15) is 0 Å². The summed E-state index contributed by atoms with van der Waals surface area (Å²) in [7, 11) is 2.00. The molecular weight excluding hydrogens is 234 g/mol. The average Bonchev–Trinajstić information content (AvgIpc) is 2.73. The third kappa shape index (κ3) is 3.08. The van der Waals surface area contributed by atoms with Crippen LogP contribution in [0.2, 0.25) is 5.02 Å². The molecule has 0 spiro atoms. The Labute approximate surface area is 106 Å². The quantitative estimate of drug-likeness (QED) is 0.903. The van der Waals surface area contributed by atoms with E-state index in [2.05, 4.69) is 17.2 Å². The molecule has 0 fully saturated rings. The molecule has 3 nitrogen and oxygen atoms in total. The fraction of sp³-hybridized carbons (Fsp3) is 0.308. The number of aryl methyl sites for hydroxylation is 1. The van der Waals surface area contributed by atoms with Crippen LogP contribution < -0.4 is 5.32 Å². The largest absolute Gasteiger partial charge is 0.337 e. The fourth-order valence-corrected chi connectivity index (χ4v) is 1.81. The minimum atomic E-state index is 0.281. The molecule has 17 heavy (non-hydrogen) atoms. The van der Waals surface area contributed by atoms with Crippen molar-refractivity contribution in [3.63, 3.8) is 0 Å². The summed E-state index contributed by atoms with van der Waals surface area (Å²) in [5.41, 5.74) is 1.23. The van der Waals surface area contributed by atoms with Crippen molar-refractivity contribution in [2.24, 2.45) is 7.05 Å². The van der Waals surface area contributed by atoms with Gasteiger partial charge in [0.05, 0.1) is 6.54 Å². The summed E-state index contributed by atoms with van der Waals surface area (Å²) in [6.07, 6.45) is 3.76. The van der Waals surface area contributed by atoms with Crippen LogP contribution in [0.4, 0.5) is 0 Å². The van der Waals surface area contributed by atoms with Crippen molar-refractivity contribution in [2.75, 3.05) is 0 Å². The molecule has 0 saturated heterocycles. The van der Waals surface area contributed by atoms with Crippen LogP contribution >= 0.6 is 11.6 Å². The molecule has 0 aliphatic rings. The van der Waals surface area contributed by atoms with Crippen molar-refractivity contribution in [1.29, 1.82) is 0 Å². The summed E-state index contributed by atoms with van der Waals surface area (Å²) in [5, 5.41) is 4.20. The van der Waals surface area contributed by atoms with E-state index in [-0.39, 0.29) is 6.04 Å². The maximum absolute atomic E-state index is 5.86. The summed E-state index contributed by atoms with van der Waals surface area (Å²) in [4.78, 5) is 4.27. The molecule has 1 atom stereocenters. The minimum absolute atomic E-state index is 0.281. The molecule has 0 amide bonds. The standard InChI is InChI=1S/C13H16ClN3/c1-10(11-3-5-12(14)6-4-11)16-9-13-15-7-8-17(13)2/h3-8,10,16H,9H2,1-2H3/t10-/m0/s1. The van der Waals surface area contributed by atoms with Gasteiger partial charge in [0.25, 0.3) is 0 Å². The van der Waals surface area contributed by atoms with E-state index < -0.39 is 0 Å². The van der Waals surface area contributed by atoms with Crippen molar-refractivity contribution in [2.45, 2.75) is 19.5 Å². The van der Waals surface area contributed by atoms with Gasteiger partial charge in [-0.25, -0.2) is 4.98 Å². The smallest absolute Gasteiger partial charge is 0.122 e. The molecule has 90 valence electrons. The number of hydrogen-bond donors (Lipinski definition) is 1. The van der Waals surface area contributed by atoms with E-state index in [1.165, 1.54) is 5.56 Å². The van der Waals surface area contributed by atoms with E-state index in [1.807, 2.05) is 48.3 Å². The molecule has 0 unspecified atom stereocenters. The van der Waals surface area contributed by atoms with E-state index in [0.29, 0.717) is 0 Å². The zero-order valence-electron chi connectivity index (χ0n) is 10.0. The lowest BCUT2D eigenvalue weighted by Crippen LogP contribution is -2.20. The number of nitrogens with zero attached hydrogens (tertiary/aromatic N) is 2. The van der Waals surface area contributed by atoms with Gasteiger partial charge in [-0.15, -0.1) is 0 Å². The van der Waals surface area contributed by atoms with E-state index in [4.69, 9.17) is 11.6 Å². The van der Waals surface area contributed by atoms with Crippen molar-refractivity contribution >= 4 is 11.6 Å². The van der Waals surface area contributed by atoms with Crippen LogP contribution in [0.15, 0.2) is 36.7 Å². The first-order chi connectivity index (χ1) is 8.16. The molecule has 4 heteroatoms. The zero-order valence-corrected chi connectivity index (χ0v) is 10.8. The number of halogens is 1. The minimum Gasteiger partial charge on any atom is -0.337 e. The highest BCUT2D eigenvalue weighted by atomic mass is 35.5. The van der Waals surface area contributed by atoms with Crippen LogP contribution in [-0.2, 0) is 13.6 Å². The Balaban J connectivity index is 1.95. The lowest BCUT2D eigenvalue weighted by atomic mass is 10.1. The molecule has 2 rings (SSSR count). The maximum Gasteiger partial charge on any atom is 0.122 e. The van der Waals surface area contributed by atoms with Gasteiger partial charge in [-0.1, -0.05) is 23.7 Å². The molecule has 1 aromatic heterocycles. The van der Waals surface area contributed by atoms with Gasteiger partial charge in [-0.05, 0) is 24.6 Å². The highest BCUT2D eigenvalue weighted by Gasteiger charge is 2.06. The Kier molecular flexibility index (Phi) is 3.82. The van der Waals surface area contributed by atoms with Crippen LogP contribution in [0, 0.1) is 0 Å². The summed E-state index contributed by atoms with van der Waals surface area (Å²) >= 11 is 5.86. The second-order valence-corrected chi connectivity index (χ2v) is 4.54. The van der Waals surface area contributed by atoms with Gasteiger partial charge in [-0.2, -0.15) is 0 Å². The highest BCUT2D eigenvalue weighted by Crippen LogP contribution is 2.16. The van der Waals surface area contributed by atoms with Crippen LogP contribution in [0.25, 0.3) is 0 Å². The third-order valence-electron chi connectivity index (χ3n) is 2.86. The van der Waals surface area contributed by atoms with Gasteiger partial charge in [0.15, 0.2) is 0 Å². The molecular formula is C13H16ClN3. The SMILES string of the molecule is C[C@H](NCc1nccn1C)c1ccc(Cl)cc1. The number of benzene rings is 1. The second kappa shape index (κ2) is 5.34. The van der Waals surface area contributed by atoms with Crippen molar-refractivity contribution in [1.82, 2.24) is 14.9 Å². The molecule has 0 aliphatic carbocycles. The second-order valence-electron chi connectivity index (χ2n) is 4.11. The zero-order chi connectivity index (χ0) is 12.3. The fourth-order valence-electron chi connectivity index (χ4n) is 1.68. The first-order valence-corrected chi connectivity index (χ1v) is 5.99. The Morgan fingerprint density at radius 1 is 1.35 bits per heavy atom. The predicted molar refractivity (Wildman–Crippen MR) is 69.9 cm³/mol. The number of aromatic nitrogens is 2. The Hall–Kier alpha value is -1.32. The highest BCUT2D eigenvalue weighted by molar-refractivity contribution is 6.30. The van der Waals surface area contributed by atoms with E-state index in [1.54, 1.807) is 0 Å². The van der Waals surface area contributed by atoms with Gasteiger partial charge < -0.3 is 9.88 Å². The molecule has 1 aromatic carbocycles. The van der Waals surface area contributed by atoms with Crippen LogP contribution in [-0.4, -0.2) is 9.55 Å². The Morgan fingerprint density at radius 2 is 2.06 bits per heavy atom. The summed E-state index contributed by atoms with van der Waals surface area (Å²) in [6.45, 7) is 2.89. The maximum atomic E-state index is 5.86. The summed E-state index contributed by atoms with van der Waals surface area (Å²) in [5.74, 6) is 1.03. The summed E-state index contributed by atoms with van der Waals surface area (Å²) in [6, 6.07) is 8.19. The van der Waals surface area contributed by atoms with E-state index >= 15 is 0 Å². The van der Waals surface area contributed by atoms with Crippen molar-refractivity contribution in [3.05, 3.63) is 53.1 Å². The monoisotopic (exact) mass is 249 g/mol. The normalized spacial score (nSPS) is 12.6.